The number of hydrogen-bond donors (Lipinski definition) is 1. The van der Waals surface area contributed by atoms with Crippen molar-refractivity contribution in [3.63, 3.8) is 0 Å². The largest absolute Gasteiger partial charge is 0.359 e. The topological polar surface area (TPSA) is 73.0 Å². The fourth-order valence-electron chi connectivity index (χ4n) is 2.44. The van der Waals surface area contributed by atoms with Gasteiger partial charge in [-0.3, -0.25) is 4.79 Å². The number of carbonyl (C=O) groups excluding carboxylic acids is 1. The lowest BCUT2D eigenvalue weighted by molar-refractivity contribution is -0.124. The zero-order valence-corrected chi connectivity index (χ0v) is 13.6. The first kappa shape index (κ1) is 17.4. The Bertz CT molecular complexity index is 422. The van der Waals surface area contributed by atoms with Gasteiger partial charge in [0, 0.05) is 46.3 Å². The molecule has 1 aliphatic heterocycles. The second kappa shape index (κ2) is 7.35. The van der Waals surface area contributed by atoms with Gasteiger partial charge in [0.2, 0.25) is 5.91 Å². The van der Waals surface area contributed by atoms with Crippen molar-refractivity contribution >= 4 is 16.1 Å². The Morgan fingerprint density at radius 1 is 1.25 bits per heavy atom. The number of nitrogens with one attached hydrogen (secondary N) is 1. The van der Waals surface area contributed by atoms with Crippen LogP contribution in [0.15, 0.2) is 0 Å². The van der Waals surface area contributed by atoms with Crippen LogP contribution in [0, 0.1) is 5.92 Å². The van der Waals surface area contributed by atoms with Crippen molar-refractivity contribution in [1.29, 1.82) is 0 Å². The molecule has 1 unspecified atom stereocenters. The monoisotopic (exact) mass is 306 g/mol. The van der Waals surface area contributed by atoms with Crippen LogP contribution >= 0.6 is 0 Å². The Hall–Kier alpha value is -0.700. The minimum atomic E-state index is -3.49. The highest BCUT2D eigenvalue weighted by molar-refractivity contribution is 7.86. The second-order valence-electron chi connectivity index (χ2n) is 5.02. The molecule has 1 aliphatic rings. The fraction of sp³-hybridized carbons (Fsp3) is 0.917. The quantitative estimate of drug-likeness (QED) is 0.720. The van der Waals surface area contributed by atoms with Gasteiger partial charge in [-0.25, -0.2) is 0 Å². The van der Waals surface area contributed by atoms with E-state index in [2.05, 4.69) is 5.32 Å². The van der Waals surface area contributed by atoms with Gasteiger partial charge in [-0.05, 0) is 7.05 Å². The third-order valence-corrected chi connectivity index (χ3v) is 5.82. The summed E-state index contributed by atoms with van der Waals surface area (Å²) in [6.45, 7) is 6.39. The maximum absolute atomic E-state index is 12.6. The van der Waals surface area contributed by atoms with Gasteiger partial charge in [0.25, 0.3) is 10.2 Å². The van der Waals surface area contributed by atoms with Crippen molar-refractivity contribution in [3.8, 4) is 0 Å². The third kappa shape index (κ3) is 3.91. The van der Waals surface area contributed by atoms with E-state index in [0.717, 1.165) is 0 Å². The summed E-state index contributed by atoms with van der Waals surface area (Å²) in [5.41, 5.74) is 0. The molecular formula is C12H26N4O3S. The first-order chi connectivity index (χ1) is 9.36. The Balaban J connectivity index is 2.96. The molecule has 1 saturated heterocycles. The zero-order chi connectivity index (χ0) is 15.3. The van der Waals surface area contributed by atoms with Gasteiger partial charge in [0.15, 0.2) is 0 Å². The van der Waals surface area contributed by atoms with E-state index in [0.29, 0.717) is 32.7 Å². The Morgan fingerprint density at radius 2 is 1.85 bits per heavy atom. The molecule has 0 aliphatic carbocycles. The predicted molar refractivity (Wildman–Crippen MR) is 78.5 cm³/mol. The molecule has 0 saturated carbocycles. The lowest BCUT2D eigenvalue weighted by Crippen LogP contribution is -2.47. The summed E-state index contributed by atoms with van der Waals surface area (Å²) in [7, 11) is 0.000362. The molecule has 1 fully saturated rings. The number of nitrogens with zero attached hydrogens (tertiary/aromatic N) is 3. The zero-order valence-electron chi connectivity index (χ0n) is 12.8. The molecule has 0 bridgehead atoms. The van der Waals surface area contributed by atoms with E-state index >= 15 is 0 Å². The molecule has 20 heavy (non-hydrogen) atoms. The molecule has 0 aromatic heterocycles. The van der Waals surface area contributed by atoms with Gasteiger partial charge < -0.3 is 10.2 Å². The molecule has 7 nitrogen and oxygen atoms in total. The smallest absolute Gasteiger partial charge is 0.282 e. The SMILES string of the molecule is CCN(CC)S(=O)(=O)N1CCN(C)CC(C(=O)NC)C1. The van der Waals surface area contributed by atoms with Crippen LogP contribution in [0.1, 0.15) is 13.8 Å². The molecule has 0 aromatic rings. The van der Waals surface area contributed by atoms with Gasteiger partial charge in [-0.15, -0.1) is 0 Å². The standard InChI is InChI=1S/C12H26N4O3S/c1-5-15(6-2)20(18,19)16-8-7-14(4)9-11(10-16)12(17)13-3/h11H,5-10H2,1-4H3,(H,13,17). The van der Waals surface area contributed by atoms with Crippen LogP contribution in [-0.2, 0) is 15.0 Å². The molecule has 1 atom stereocenters. The first-order valence-electron chi connectivity index (χ1n) is 7.02. The average molecular weight is 306 g/mol. The van der Waals surface area contributed by atoms with Crippen molar-refractivity contribution in [3.05, 3.63) is 0 Å². The molecule has 0 aromatic carbocycles. The second-order valence-corrected chi connectivity index (χ2v) is 6.95. The van der Waals surface area contributed by atoms with Crippen LogP contribution in [0.2, 0.25) is 0 Å². The van der Waals surface area contributed by atoms with Crippen LogP contribution < -0.4 is 5.32 Å². The van der Waals surface area contributed by atoms with Crippen LogP contribution in [0.5, 0.6) is 0 Å². The van der Waals surface area contributed by atoms with Gasteiger partial charge in [-0.2, -0.15) is 17.0 Å². The van der Waals surface area contributed by atoms with E-state index in [4.69, 9.17) is 0 Å². The van der Waals surface area contributed by atoms with Crippen molar-refractivity contribution < 1.29 is 13.2 Å². The van der Waals surface area contributed by atoms with Crippen molar-refractivity contribution in [1.82, 2.24) is 18.8 Å². The summed E-state index contributed by atoms with van der Waals surface area (Å²) in [5.74, 6) is -0.448. The van der Waals surface area contributed by atoms with E-state index < -0.39 is 10.2 Å². The first-order valence-corrected chi connectivity index (χ1v) is 8.41. The Kier molecular flexibility index (Phi) is 6.38. The van der Waals surface area contributed by atoms with Crippen molar-refractivity contribution in [2.75, 3.05) is 53.4 Å². The number of likely N-dealkylation sites (N-methyl/N-ethyl adjacent to an activating group) is 1. The molecule has 1 amide bonds. The summed E-state index contributed by atoms with van der Waals surface area (Å²) in [5, 5.41) is 2.61. The molecular weight excluding hydrogens is 280 g/mol. The summed E-state index contributed by atoms with van der Waals surface area (Å²) in [6, 6.07) is 0. The average Bonchev–Trinajstić information content (AvgIpc) is 2.61. The predicted octanol–water partition coefficient (Wildman–Crippen LogP) is -0.817. The summed E-state index contributed by atoms with van der Waals surface area (Å²) in [4.78, 5) is 13.9. The van der Waals surface area contributed by atoms with Crippen molar-refractivity contribution in [2.45, 2.75) is 13.8 Å². The van der Waals surface area contributed by atoms with Crippen LogP contribution in [0.4, 0.5) is 0 Å². The van der Waals surface area contributed by atoms with E-state index in [-0.39, 0.29) is 18.4 Å². The highest BCUT2D eigenvalue weighted by Gasteiger charge is 2.34. The summed E-state index contributed by atoms with van der Waals surface area (Å²) >= 11 is 0. The van der Waals surface area contributed by atoms with Gasteiger partial charge in [-0.1, -0.05) is 13.8 Å². The fourth-order valence-corrected chi connectivity index (χ4v) is 4.10. The van der Waals surface area contributed by atoms with Crippen LogP contribution in [-0.4, -0.2) is 81.2 Å². The molecule has 1 N–H and O–H groups in total. The van der Waals surface area contributed by atoms with E-state index in [9.17, 15) is 13.2 Å². The Morgan fingerprint density at radius 3 is 2.35 bits per heavy atom. The van der Waals surface area contributed by atoms with Crippen LogP contribution in [0.25, 0.3) is 0 Å². The lowest BCUT2D eigenvalue weighted by atomic mass is 10.1. The third-order valence-electron chi connectivity index (χ3n) is 3.66. The molecule has 1 rings (SSSR count). The maximum Gasteiger partial charge on any atom is 0.282 e. The summed E-state index contributed by atoms with van der Waals surface area (Å²) < 4.78 is 28.0. The van der Waals surface area contributed by atoms with E-state index in [1.54, 1.807) is 7.05 Å². The molecule has 8 heteroatoms. The van der Waals surface area contributed by atoms with E-state index in [1.807, 2.05) is 25.8 Å². The van der Waals surface area contributed by atoms with E-state index in [1.165, 1.54) is 8.61 Å². The minimum absolute atomic E-state index is 0.113. The number of hydrogen-bond acceptors (Lipinski definition) is 4. The molecule has 1 heterocycles. The molecule has 0 radical (unpaired) electrons. The molecule has 118 valence electrons. The number of rotatable bonds is 5. The normalized spacial score (nSPS) is 22.8. The number of carbonyl (C=O) groups is 1. The lowest BCUT2D eigenvalue weighted by Gasteiger charge is -2.28. The minimum Gasteiger partial charge on any atom is -0.359 e. The Labute approximate surface area is 122 Å². The highest BCUT2D eigenvalue weighted by Crippen LogP contribution is 2.15. The van der Waals surface area contributed by atoms with Gasteiger partial charge >= 0.3 is 0 Å². The maximum atomic E-state index is 12.6. The van der Waals surface area contributed by atoms with Gasteiger partial charge in [0.1, 0.15) is 0 Å². The number of amides is 1. The highest BCUT2D eigenvalue weighted by atomic mass is 32.2. The van der Waals surface area contributed by atoms with Gasteiger partial charge in [0.05, 0.1) is 5.92 Å². The summed E-state index contributed by atoms with van der Waals surface area (Å²) in [6.07, 6.45) is 0. The van der Waals surface area contributed by atoms with Crippen LogP contribution in [0.3, 0.4) is 0 Å². The molecule has 0 spiro atoms. The van der Waals surface area contributed by atoms with Crippen molar-refractivity contribution in [2.24, 2.45) is 5.92 Å².